The molecule has 9 heteroatoms. The van der Waals surface area contributed by atoms with Gasteiger partial charge in [0.05, 0.1) is 5.02 Å². The van der Waals surface area contributed by atoms with Crippen molar-refractivity contribution in [3.63, 3.8) is 0 Å². The van der Waals surface area contributed by atoms with Crippen molar-refractivity contribution in [2.75, 3.05) is 12.3 Å². The molecular weight excluding hydrogens is 437 g/mol. The third-order valence-electron chi connectivity index (χ3n) is 4.79. The van der Waals surface area contributed by atoms with Gasteiger partial charge in [0.2, 0.25) is 5.16 Å². The highest BCUT2D eigenvalue weighted by molar-refractivity contribution is 7.99. The molecule has 0 aliphatic rings. The number of aromatic nitrogens is 4. The molecule has 0 fully saturated rings. The van der Waals surface area contributed by atoms with Gasteiger partial charge >= 0.3 is 0 Å². The average molecular weight is 458 g/mol. The summed E-state index contributed by atoms with van der Waals surface area (Å²) in [4.78, 5) is 0. The van der Waals surface area contributed by atoms with Crippen LogP contribution < -0.4 is 10.1 Å². The Kier molecular flexibility index (Phi) is 7.01. The van der Waals surface area contributed by atoms with Crippen molar-refractivity contribution in [3.05, 3.63) is 76.6 Å². The fraction of sp³-hybridized carbons (Fsp3) is 0.227. The zero-order valence-corrected chi connectivity index (χ0v) is 18.5. The zero-order valence-electron chi connectivity index (χ0n) is 16.9. The molecule has 0 aliphatic carbocycles. The molecule has 4 rings (SSSR count). The van der Waals surface area contributed by atoms with Crippen molar-refractivity contribution < 1.29 is 9.13 Å². The summed E-state index contributed by atoms with van der Waals surface area (Å²) in [5.41, 5.74) is 1.81. The standard InChI is InChI=1S/C22H21ClFN5OS/c1-29-22(26-27-28-29)31-11-10-25-13-19-18-5-3-2-4-15(18)7-9-21(19)30-14-16-6-8-17(24)12-20(16)23/h2-9,12,25H,10-11,13-14H2,1H3. The predicted octanol–water partition coefficient (Wildman–Crippen LogP) is 4.62. The molecule has 0 radical (unpaired) electrons. The Balaban J connectivity index is 1.45. The van der Waals surface area contributed by atoms with Gasteiger partial charge < -0.3 is 10.1 Å². The molecule has 3 aromatic carbocycles. The Hall–Kier alpha value is -2.68. The number of fused-ring (bicyclic) bond motifs is 1. The number of aryl methyl sites for hydroxylation is 1. The highest BCUT2D eigenvalue weighted by Gasteiger charge is 2.11. The molecule has 0 unspecified atom stereocenters. The van der Waals surface area contributed by atoms with Crippen LogP contribution in [0.15, 0.2) is 59.8 Å². The van der Waals surface area contributed by atoms with Crippen LogP contribution in [0, 0.1) is 5.82 Å². The second-order valence-electron chi connectivity index (χ2n) is 6.90. The van der Waals surface area contributed by atoms with Gasteiger partial charge in [-0.05, 0) is 39.4 Å². The Morgan fingerprint density at radius 3 is 2.84 bits per heavy atom. The quantitative estimate of drug-likeness (QED) is 0.292. The molecule has 0 amide bonds. The molecule has 0 aliphatic heterocycles. The summed E-state index contributed by atoms with van der Waals surface area (Å²) in [6.07, 6.45) is 0. The summed E-state index contributed by atoms with van der Waals surface area (Å²) in [5, 5.41) is 18.3. The number of ether oxygens (including phenoxy) is 1. The van der Waals surface area contributed by atoms with E-state index in [4.69, 9.17) is 16.3 Å². The van der Waals surface area contributed by atoms with E-state index in [9.17, 15) is 4.39 Å². The predicted molar refractivity (Wildman–Crippen MR) is 121 cm³/mol. The second-order valence-corrected chi connectivity index (χ2v) is 8.37. The van der Waals surface area contributed by atoms with Gasteiger partial charge in [0.1, 0.15) is 18.2 Å². The van der Waals surface area contributed by atoms with E-state index >= 15 is 0 Å². The lowest BCUT2D eigenvalue weighted by Crippen LogP contribution is -2.17. The molecule has 0 atom stereocenters. The maximum Gasteiger partial charge on any atom is 0.209 e. The van der Waals surface area contributed by atoms with Gasteiger partial charge in [-0.2, -0.15) is 0 Å². The van der Waals surface area contributed by atoms with E-state index in [-0.39, 0.29) is 12.4 Å². The van der Waals surface area contributed by atoms with Crippen LogP contribution in [0.4, 0.5) is 4.39 Å². The third-order valence-corrected chi connectivity index (χ3v) is 6.15. The van der Waals surface area contributed by atoms with Crippen molar-refractivity contribution in [2.24, 2.45) is 7.05 Å². The number of halogens is 2. The molecule has 6 nitrogen and oxygen atoms in total. The molecular formula is C22H21ClFN5OS. The fourth-order valence-corrected chi connectivity index (χ4v) is 4.17. The maximum absolute atomic E-state index is 13.3. The summed E-state index contributed by atoms with van der Waals surface area (Å²) < 4.78 is 21.1. The first-order valence-corrected chi connectivity index (χ1v) is 11.1. The first kappa shape index (κ1) is 21.5. The van der Waals surface area contributed by atoms with E-state index in [0.29, 0.717) is 11.6 Å². The number of thioether (sulfide) groups is 1. The number of hydrogen-bond acceptors (Lipinski definition) is 6. The van der Waals surface area contributed by atoms with Crippen LogP contribution in [0.25, 0.3) is 10.8 Å². The van der Waals surface area contributed by atoms with Gasteiger partial charge in [0, 0.05) is 37.0 Å². The van der Waals surface area contributed by atoms with Crippen LogP contribution in [0.5, 0.6) is 5.75 Å². The monoisotopic (exact) mass is 457 g/mol. The van der Waals surface area contributed by atoms with E-state index in [1.807, 2.05) is 31.3 Å². The molecule has 0 spiro atoms. The molecule has 0 bridgehead atoms. The summed E-state index contributed by atoms with van der Waals surface area (Å²) in [7, 11) is 1.82. The van der Waals surface area contributed by atoms with Crippen LogP contribution in [-0.2, 0) is 20.2 Å². The number of nitrogens with one attached hydrogen (secondary N) is 1. The number of rotatable bonds is 9. The van der Waals surface area contributed by atoms with E-state index < -0.39 is 0 Å². The van der Waals surface area contributed by atoms with E-state index in [0.717, 1.165) is 45.1 Å². The lowest BCUT2D eigenvalue weighted by Gasteiger charge is -2.16. The SMILES string of the molecule is Cn1nnnc1SCCNCc1c(OCc2ccc(F)cc2Cl)ccc2ccccc12. The molecule has 31 heavy (non-hydrogen) atoms. The fourth-order valence-electron chi connectivity index (χ4n) is 3.20. The minimum atomic E-state index is -0.362. The van der Waals surface area contributed by atoms with Crippen molar-refractivity contribution >= 4 is 34.1 Å². The minimum absolute atomic E-state index is 0.263. The van der Waals surface area contributed by atoms with Gasteiger partial charge in [0.15, 0.2) is 0 Å². The molecule has 4 aromatic rings. The van der Waals surface area contributed by atoms with Gasteiger partial charge in [-0.15, -0.1) is 5.10 Å². The van der Waals surface area contributed by atoms with Crippen LogP contribution in [0.3, 0.4) is 0 Å². The Morgan fingerprint density at radius 2 is 2.03 bits per heavy atom. The normalized spacial score (nSPS) is 11.2. The van der Waals surface area contributed by atoms with Crippen LogP contribution in [0.1, 0.15) is 11.1 Å². The Morgan fingerprint density at radius 1 is 1.16 bits per heavy atom. The molecule has 1 heterocycles. The van der Waals surface area contributed by atoms with Crippen molar-refractivity contribution in [1.82, 2.24) is 25.5 Å². The van der Waals surface area contributed by atoms with Gasteiger partial charge in [-0.3, -0.25) is 0 Å². The van der Waals surface area contributed by atoms with Crippen molar-refractivity contribution in [2.45, 2.75) is 18.3 Å². The average Bonchev–Trinajstić information content (AvgIpc) is 3.18. The second kappa shape index (κ2) is 10.1. The minimum Gasteiger partial charge on any atom is -0.488 e. The summed E-state index contributed by atoms with van der Waals surface area (Å²) in [6, 6.07) is 16.5. The number of benzene rings is 3. The summed E-state index contributed by atoms with van der Waals surface area (Å²) >= 11 is 7.75. The first-order chi connectivity index (χ1) is 15.1. The highest BCUT2D eigenvalue weighted by Crippen LogP contribution is 2.29. The first-order valence-electron chi connectivity index (χ1n) is 9.75. The largest absolute Gasteiger partial charge is 0.488 e. The molecule has 1 aromatic heterocycles. The zero-order chi connectivity index (χ0) is 21.6. The van der Waals surface area contributed by atoms with Crippen molar-refractivity contribution in [1.29, 1.82) is 0 Å². The topological polar surface area (TPSA) is 64.9 Å². The summed E-state index contributed by atoms with van der Waals surface area (Å²) in [6.45, 7) is 1.69. The molecule has 0 saturated carbocycles. The summed E-state index contributed by atoms with van der Waals surface area (Å²) in [5.74, 6) is 1.25. The van der Waals surface area contributed by atoms with E-state index in [1.54, 1.807) is 22.5 Å². The van der Waals surface area contributed by atoms with E-state index in [2.05, 4.69) is 33.0 Å². The number of hydrogen-bond donors (Lipinski definition) is 1. The molecule has 160 valence electrons. The number of nitrogens with zero attached hydrogens (tertiary/aromatic N) is 4. The smallest absolute Gasteiger partial charge is 0.209 e. The van der Waals surface area contributed by atoms with Crippen LogP contribution >= 0.6 is 23.4 Å². The van der Waals surface area contributed by atoms with E-state index in [1.165, 1.54) is 12.1 Å². The van der Waals surface area contributed by atoms with Crippen LogP contribution in [0.2, 0.25) is 5.02 Å². The lowest BCUT2D eigenvalue weighted by atomic mass is 10.0. The third kappa shape index (κ3) is 5.33. The van der Waals surface area contributed by atoms with Crippen LogP contribution in [-0.4, -0.2) is 32.5 Å². The molecule has 0 saturated heterocycles. The van der Waals surface area contributed by atoms with Gasteiger partial charge in [-0.25, -0.2) is 9.07 Å². The lowest BCUT2D eigenvalue weighted by molar-refractivity contribution is 0.303. The highest BCUT2D eigenvalue weighted by atomic mass is 35.5. The Labute approximate surface area is 188 Å². The van der Waals surface area contributed by atoms with Gasteiger partial charge in [0.25, 0.3) is 0 Å². The maximum atomic E-state index is 13.3. The molecule has 1 N–H and O–H groups in total. The van der Waals surface area contributed by atoms with Gasteiger partial charge in [-0.1, -0.05) is 59.8 Å². The number of tetrazole rings is 1. The Bertz CT molecular complexity index is 1190. The van der Waals surface area contributed by atoms with Crippen molar-refractivity contribution in [3.8, 4) is 5.75 Å².